The quantitative estimate of drug-likeness (QED) is 0.670. The number of aliphatic hydroxyl groups is 2. The maximum atomic E-state index is 12.2. The van der Waals surface area contributed by atoms with Crippen LogP contribution in [0.1, 0.15) is 38.5 Å². The molecule has 2 unspecified atom stereocenters. The van der Waals surface area contributed by atoms with Gasteiger partial charge in [0.05, 0.1) is 17.6 Å². The number of carboxylic acids is 1. The predicted molar refractivity (Wildman–Crippen MR) is 66.4 cm³/mol. The third-order valence-electron chi connectivity index (χ3n) is 4.37. The second kappa shape index (κ2) is 5.46. The lowest BCUT2D eigenvalue weighted by Gasteiger charge is -2.33. The molecule has 2 aliphatic rings. The van der Waals surface area contributed by atoms with Crippen LogP contribution in [0.2, 0.25) is 0 Å². The molecule has 1 saturated carbocycles. The molecule has 2 atom stereocenters. The number of aliphatic carboxylic acids is 1. The number of β-amino-alcohol motifs (C(OH)–C–C–N with tert-alkyl or cyclic N) is 2. The van der Waals surface area contributed by atoms with Gasteiger partial charge < -0.3 is 20.2 Å². The van der Waals surface area contributed by atoms with Gasteiger partial charge in [0.1, 0.15) is 0 Å². The van der Waals surface area contributed by atoms with Crippen molar-refractivity contribution in [1.82, 2.24) is 4.90 Å². The van der Waals surface area contributed by atoms with E-state index in [4.69, 9.17) is 0 Å². The molecule has 2 fully saturated rings. The van der Waals surface area contributed by atoms with Crippen LogP contribution in [0.15, 0.2) is 0 Å². The fourth-order valence-corrected chi connectivity index (χ4v) is 3.07. The van der Waals surface area contributed by atoms with Crippen LogP contribution in [0.25, 0.3) is 0 Å². The smallest absolute Gasteiger partial charge is 0.310 e. The lowest BCUT2D eigenvalue weighted by atomic mass is 9.71. The van der Waals surface area contributed by atoms with Crippen LogP contribution in [0.5, 0.6) is 0 Å². The first kappa shape index (κ1) is 14.3. The summed E-state index contributed by atoms with van der Waals surface area (Å²) in [5.74, 6) is -1.18. The van der Waals surface area contributed by atoms with E-state index in [0.29, 0.717) is 12.8 Å². The van der Waals surface area contributed by atoms with Crippen molar-refractivity contribution >= 4 is 11.9 Å². The minimum Gasteiger partial charge on any atom is -0.481 e. The number of aliphatic hydroxyl groups excluding tert-OH is 2. The number of rotatable bonds is 3. The van der Waals surface area contributed by atoms with E-state index in [1.54, 1.807) is 0 Å². The van der Waals surface area contributed by atoms with Gasteiger partial charge >= 0.3 is 5.97 Å². The number of nitrogens with zero attached hydrogens (tertiary/aromatic N) is 1. The molecule has 19 heavy (non-hydrogen) atoms. The number of carbonyl (C=O) groups excluding carboxylic acids is 1. The number of carboxylic acid groups (broad SMARTS) is 1. The van der Waals surface area contributed by atoms with Gasteiger partial charge in [-0.05, 0) is 12.8 Å². The van der Waals surface area contributed by atoms with Crippen molar-refractivity contribution in [3.05, 3.63) is 0 Å². The van der Waals surface area contributed by atoms with Crippen LogP contribution in [0.4, 0.5) is 0 Å². The largest absolute Gasteiger partial charge is 0.481 e. The van der Waals surface area contributed by atoms with Gasteiger partial charge in [0.2, 0.25) is 5.91 Å². The van der Waals surface area contributed by atoms with Crippen LogP contribution in [-0.2, 0) is 9.59 Å². The monoisotopic (exact) mass is 271 g/mol. The summed E-state index contributed by atoms with van der Waals surface area (Å²) in [6.07, 6.45) is 1.90. The molecule has 1 aliphatic carbocycles. The SMILES string of the molecule is O=C(CC1(C(=O)O)CCCCC1)N1CC(O)C(O)C1. The highest BCUT2D eigenvalue weighted by Gasteiger charge is 2.43. The molecule has 0 radical (unpaired) electrons. The summed E-state index contributed by atoms with van der Waals surface area (Å²) in [6.45, 7) is 0.186. The van der Waals surface area contributed by atoms with E-state index in [9.17, 15) is 24.9 Å². The standard InChI is InChI=1S/C13H21NO5/c15-9-7-14(8-10(9)16)11(17)6-13(12(18)19)4-2-1-3-5-13/h9-10,15-16H,1-8H2,(H,18,19). The number of carbonyl (C=O) groups is 2. The minimum absolute atomic E-state index is 0.0260. The van der Waals surface area contributed by atoms with Gasteiger partial charge in [-0.1, -0.05) is 19.3 Å². The Bertz CT molecular complexity index is 354. The highest BCUT2D eigenvalue weighted by atomic mass is 16.4. The van der Waals surface area contributed by atoms with Gasteiger partial charge in [-0.2, -0.15) is 0 Å². The first-order valence-electron chi connectivity index (χ1n) is 6.82. The summed E-state index contributed by atoms with van der Waals surface area (Å²) in [6, 6.07) is 0. The van der Waals surface area contributed by atoms with Gasteiger partial charge in [0.25, 0.3) is 0 Å². The molecule has 3 N–H and O–H groups in total. The zero-order valence-electron chi connectivity index (χ0n) is 10.9. The molecule has 0 aromatic carbocycles. The molecule has 1 heterocycles. The number of amides is 1. The van der Waals surface area contributed by atoms with E-state index in [2.05, 4.69) is 0 Å². The second-order valence-electron chi connectivity index (χ2n) is 5.76. The van der Waals surface area contributed by atoms with Crippen LogP contribution in [0, 0.1) is 5.41 Å². The first-order chi connectivity index (χ1) is 8.94. The average Bonchev–Trinajstić information content (AvgIpc) is 2.71. The Hall–Kier alpha value is -1.14. The van der Waals surface area contributed by atoms with Crippen molar-refractivity contribution in [3.63, 3.8) is 0 Å². The Kier molecular flexibility index (Phi) is 4.10. The molecular weight excluding hydrogens is 250 g/mol. The van der Waals surface area contributed by atoms with E-state index in [1.807, 2.05) is 0 Å². The van der Waals surface area contributed by atoms with Crippen LogP contribution in [0.3, 0.4) is 0 Å². The summed E-state index contributed by atoms with van der Waals surface area (Å²) in [7, 11) is 0. The molecule has 1 saturated heterocycles. The van der Waals surface area contributed by atoms with Gasteiger partial charge in [-0.25, -0.2) is 0 Å². The van der Waals surface area contributed by atoms with Crippen molar-refractivity contribution < 1.29 is 24.9 Å². The van der Waals surface area contributed by atoms with Gasteiger partial charge in [-0.15, -0.1) is 0 Å². The van der Waals surface area contributed by atoms with E-state index < -0.39 is 23.6 Å². The number of hydrogen-bond donors (Lipinski definition) is 3. The van der Waals surface area contributed by atoms with Gasteiger partial charge in [-0.3, -0.25) is 9.59 Å². The summed E-state index contributed by atoms with van der Waals surface area (Å²) in [5.41, 5.74) is -0.951. The van der Waals surface area contributed by atoms with Crippen molar-refractivity contribution in [2.24, 2.45) is 5.41 Å². The third-order valence-corrected chi connectivity index (χ3v) is 4.37. The van der Waals surface area contributed by atoms with Gasteiger partial charge in [0.15, 0.2) is 0 Å². The maximum absolute atomic E-state index is 12.2. The zero-order chi connectivity index (χ0) is 14.0. The van der Waals surface area contributed by atoms with Crippen molar-refractivity contribution in [2.75, 3.05) is 13.1 Å². The molecule has 0 aromatic rings. The second-order valence-corrected chi connectivity index (χ2v) is 5.76. The van der Waals surface area contributed by atoms with E-state index in [1.165, 1.54) is 4.90 Å². The van der Waals surface area contributed by atoms with E-state index in [0.717, 1.165) is 19.3 Å². The molecule has 6 nitrogen and oxygen atoms in total. The molecule has 108 valence electrons. The minimum atomic E-state index is -0.951. The van der Waals surface area contributed by atoms with Crippen LogP contribution >= 0.6 is 0 Å². The first-order valence-corrected chi connectivity index (χ1v) is 6.82. The summed E-state index contributed by atoms with van der Waals surface area (Å²) < 4.78 is 0. The lowest BCUT2D eigenvalue weighted by molar-refractivity contribution is -0.155. The molecular formula is C13H21NO5. The van der Waals surface area contributed by atoms with Crippen LogP contribution in [-0.4, -0.2) is 57.4 Å². The van der Waals surface area contributed by atoms with Crippen molar-refractivity contribution in [1.29, 1.82) is 0 Å². The molecule has 1 aliphatic heterocycles. The fourth-order valence-electron chi connectivity index (χ4n) is 3.07. The van der Waals surface area contributed by atoms with Gasteiger partial charge in [0, 0.05) is 19.5 Å². The molecule has 0 bridgehead atoms. The lowest BCUT2D eigenvalue weighted by Crippen LogP contribution is -2.40. The van der Waals surface area contributed by atoms with E-state index >= 15 is 0 Å². The summed E-state index contributed by atoms with van der Waals surface area (Å²) in [4.78, 5) is 25.0. The summed E-state index contributed by atoms with van der Waals surface area (Å²) in [5, 5.41) is 28.3. The number of hydrogen-bond acceptors (Lipinski definition) is 4. The van der Waals surface area contributed by atoms with Crippen molar-refractivity contribution in [2.45, 2.75) is 50.7 Å². The molecule has 2 rings (SSSR count). The topological polar surface area (TPSA) is 98.1 Å². The fraction of sp³-hybridized carbons (Fsp3) is 0.846. The van der Waals surface area contributed by atoms with Crippen LogP contribution < -0.4 is 0 Å². The van der Waals surface area contributed by atoms with Crippen molar-refractivity contribution in [3.8, 4) is 0 Å². The Labute approximate surface area is 112 Å². The molecule has 0 aromatic heterocycles. The maximum Gasteiger partial charge on any atom is 0.310 e. The molecule has 6 heteroatoms. The predicted octanol–water partition coefficient (Wildman–Crippen LogP) is -0.0244. The number of likely N-dealkylation sites (tertiary alicyclic amines) is 1. The Balaban J connectivity index is 2.02. The van der Waals surface area contributed by atoms with E-state index in [-0.39, 0.29) is 25.4 Å². The average molecular weight is 271 g/mol. The highest BCUT2D eigenvalue weighted by Crippen LogP contribution is 2.40. The summed E-state index contributed by atoms with van der Waals surface area (Å²) >= 11 is 0. The normalized spacial score (nSPS) is 30.3. The zero-order valence-corrected chi connectivity index (χ0v) is 10.9. The third kappa shape index (κ3) is 2.90. The Morgan fingerprint density at radius 2 is 1.58 bits per heavy atom. The Morgan fingerprint density at radius 3 is 2.05 bits per heavy atom. The molecule has 0 spiro atoms. The highest BCUT2D eigenvalue weighted by molar-refractivity contribution is 5.85. The molecule has 1 amide bonds. The Morgan fingerprint density at radius 1 is 1.05 bits per heavy atom.